The van der Waals surface area contributed by atoms with E-state index in [1.54, 1.807) is 0 Å². The van der Waals surface area contributed by atoms with E-state index in [1.165, 1.54) is 5.94 Å². The van der Waals surface area contributed by atoms with E-state index in [9.17, 15) is 4.79 Å². The first-order valence-corrected chi connectivity index (χ1v) is 2.86. The van der Waals surface area contributed by atoms with Crippen molar-refractivity contribution in [3.8, 4) is 0 Å². The SMILES string of the molecule is O=C=[C]Nc1ccccc1. The van der Waals surface area contributed by atoms with Crippen LogP contribution in [-0.4, -0.2) is 5.94 Å². The molecule has 0 fully saturated rings. The van der Waals surface area contributed by atoms with Gasteiger partial charge in [0.05, 0.1) is 0 Å². The van der Waals surface area contributed by atoms with Gasteiger partial charge in [0.1, 0.15) is 0 Å². The van der Waals surface area contributed by atoms with Crippen molar-refractivity contribution in [1.29, 1.82) is 0 Å². The Kier molecular flexibility index (Phi) is 2.30. The van der Waals surface area contributed by atoms with E-state index in [1.807, 2.05) is 30.3 Å². The van der Waals surface area contributed by atoms with E-state index in [0.29, 0.717) is 0 Å². The van der Waals surface area contributed by atoms with E-state index in [4.69, 9.17) is 0 Å². The number of nitrogens with one attached hydrogen (secondary N) is 1. The zero-order valence-electron chi connectivity index (χ0n) is 5.29. The monoisotopic (exact) mass is 132 g/mol. The lowest BCUT2D eigenvalue weighted by atomic mass is 10.3. The molecular weight excluding hydrogens is 126 g/mol. The molecule has 49 valence electrons. The van der Waals surface area contributed by atoms with Crippen LogP contribution >= 0.6 is 0 Å². The summed E-state index contributed by atoms with van der Waals surface area (Å²) < 4.78 is 0. The van der Waals surface area contributed by atoms with Gasteiger partial charge in [0.15, 0.2) is 12.1 Å². The summed E-state index contributed by atoms with van der Waals surface area (Å²) >= 11 is 0. The zero-order valence-corrected chi connectivity index (χ0v) is 5.29. The Balaban J connectivity index is 2.67. The van der Waals surface area contributed by atoms with Crippen LogP contribution in [0.4, 0.5) is 5.69 Å². The van der Waals surface area contributed by atoms with E-state index in [-0.39, 0.29) is 0 Å². The summed E-state index contributed by atoms with van der Waals surface area (Å²) in [6.45, 7) is 0. The van der Waals surface area contributed by atoms with Crippen LogP contribution in [0.25, 0.3) is 0 Å². The normalized spacial score (nSPS) is 8.00. The lowest BCUT2D eigenvalue weighted by molar-refractivity contribution is 0.568. The highest BCUT2D eigenvalue weighted by molar-refractivity contribution is 5.51. The smallest absolute Gasteiger partial charge is 0.159 e. The van der Waals surface area contributed by atoms with Crippen molar-refractivity contribution >= 4 is 11.6 Å². The molecule has 1 aromatic rings. The highest BCUT2D eigenvalue weighted by Crippen LogP contribution is 2.02. The van der Waals surface area contributed by atoms with Crippen LogP contribution in [-0.2, 0) is 4.79 Å². The second-order valence-electron chi connectivity index (χ2n) is 1.72. The molecule has 1 radical (unpaired) electrons. The Morgan fingerprint density at radius 2 is 1.90 bits per heavy atom. The number of hydrogen-bond acceptors (Lipinski definition) is 2. The van der Waals surface area contributed by atoms with Gasteiger partial charge in [-0.05, 0) is 12.1 Å². The second-order valence-corrected chi connectivity index (χ2v) is 1.72. The number of para-hydroxylation sites is 1. The van der Waals surface area contributed by atoms with Crippen molar-refractivity contribution in [1.82, 2.24) is 0 Å². The molecular formula is C8H6NO. The van der Waals surface area contributed by atoms with Crippen LogP contribution in [0.3, 0.4) is 0 Å². The number of anilines is 1. The lowest BCUT2D eigenvalue weighted by Gasteiger charge is -1.93. The molecule has 1 rings (SSSR count). The van der Waals surface area contributed by atoms with Gasteiger partial charge in [0, 0.05) is 5.69 Å². The molecule has 2 heteroatoms. The van der Waals surface area contributed by atoms with Crippen molar-refractivity contribution in [2.45, 2.75) is 0 Å². The zero-order chi connectivity index (χ0) is 7.23. The van der Waals surface area contributed by atoms with Crippen molar-refractivity contribution < 1.29 is 4.79 Å². The van der Waals surface area contributed by atoms with Gasteiger partial charge in [-0.2, -0.15) is 0 Å². The third-order valence-electron chi connectivity index (χ3n) is 1.03. The lowest BCUT2D eigenvalue weighted by Crippen LogP contribution is -1.86. The molecule has 1 aromatic carbocycles. The van der Waals surface area contributed by atoms with Gasteiger partial charge in [-0.15, -0.1) is 0 Å². The van der Waals surface area contributed by atoms with Crippen molar-refractivity contribution in [2.24, 2.45) is 0 Å². The molecule has 0 aliphatic carbocycles. The molecule has 0 aromatic heterocycles. The standard InChI is InChI=1S/C8H6NO/c10-7-6-9-8-4-2-1-3-5-8/h1-5,9H. The predicted octanol–water partition coefficient (Wildman–Crippen LogP) is 1.25. The van der Waals surface area contributed by atoms with E-state index >= 15 is 0 Å². The summed E-state index contributed by atoms with van der Waals surface area (Å²) in [7, 11) is 0. The van der Waals surface area contributed by atoms with Gasteiger partial charge in [-0.25, -0.2) is 4.79 Å². The van der Waals surface area contributed by atoms with Crippen LogP contribution in [0.2, 0.25) is 0 Å². The number of carbonyl (C=O) groups excluding carboxylic acids is 1. The minimum Gasteiger partial charge on any atom is -0.344 e. The molecule has 0 atom stereocenters. The van der Waals surface area contributed by atoms with Gasteiger partial charge in [-0.3, -0.25) is 0 Å². The Morgan fingerprint density at radius 3 is 2.50 bits per heavy atom. The highest BCUT2D eigenvalue weighted by Gasteiger charge is 1.82. The predicted molar refractivity (Wildman–Crippen MR) is 39.0 cm³/mol. The minimum absolute atomic E-state index is 0.839. The van der Waals surface area contributed by atoms with E-state index in [0.717, 1.165) is 5.69 Å². The Labute approximate surface area is 59.2 Å². The van der Waals surface area contributed by atoms with Gasteiger partial charge in [-0.1, -0.05) is 18.2 Å². The third kappa shape index (κ3) is 1.77. The fourth-order valence-electron chi connectivity index (χ4n) is 0.619. The summed E-state index contributed by atoms with van der Waals surface area (Å²) in [6, 6.07) is 9.31. The molecule has 2 nitrogen and oxygen atoms in total. The molecule has 0 unspecified atom stereocenters. The maximum absolute atomic E-state index is 9.68. The average molecular weight is 132 g/mol. The topological polar surface area (TPSA) is 29.1 Å². The molecule has 0 aliphatic rings. The summed E-state index contributed by atoms with van der Waals surface area (Å²) in [5, 5.41) is 2.62. The Hall–Kier alpha value is -1.53. The Bertz CT molecular complexity index is 237. The maximum Gasteiger partial charge on any atom is 0.159 e. The molecule has 0 aliphatic heterocycles. The largest absolute Gasteiger partial charge is 0.344 e. The molecule has 0 saturated heterocycles. The molecule has 0 spiro atoms. The van der Waals surface area contributed by atoms with Crippen molar-refractivity contribution in [2.75, 3.05) is 5.32 Å². The van der Waals surface area contributed by atoms with Gasteiger partial charge in [0.2, 0.25) is 0 Å². The first-order chi connectivity index (χ1) is 4.93. The van der Waals surface area contributed by atoms with Crippen molar-refractivity contribution in [3.05, 3.63) is 36.5 Å². The average Bonchev–Trinajstić information content (AvgIpc) is 2.03. The molecule has 0 amide bonds. The van der Waals surface area contributed by atoms with Crippen LogP contribution < -0.4 is 5.32 Å². The maximum atomic E-state index is 9.68. The number of rotatable bonds is 2. The number of hydrogen-bond donors (Lipinski definition) is 1. The van der Waals surface area contributed by atoms with Gasteiger partial charge < -0.3 is 5.32 Å². The molecule has 10 heavy (non-hydrogen) atoms. The first kappa shape index (κ1) is 6.59. The quantitative estimate of drug-likeness (QED) is 0.484. The van der Waals surface area contributed by atoms with Gasteiger partial charge in [0.25, 0.3) is 0 Å². The van der Waals surface area contributed by atoms with Gasteiger partial charge >= 0.3 is 0 Å². The van der Waals surface area contributed by atoms with Crippen LogP contribution in [0.15, 0.2) is 30.3 Å². The number of benzene rings is 1. The second kappa shape index (κ2) is 3.49. The Morgan fingerprint density at radius 1 is 1.20 bits per heavy atom. The fourth-order valence-corrected chi connectivity index (χ4v) is 0.619. The van der Waals surface area contributed by atoms with Crippen LogP contribution in [0.1, 0.15) is 0 Å². The molecule has 0 saturated carbocycles. The first-order valence-electron chi connectivity index (χ1n) is 2.86. The summed E-state index contributed by atoms with van der Waals surface area (Å²) in [5.41, 5.74) is 0.839. The van der Waals surface area contributed by atoms with Crippen LogP contribution in [0.5, 0.6) is 0 Å². The third-order valence-corrected chi connectivity index (χ3v) is 1.03. The fraction of sp³-hybridized carbons (Fsp3) is 0. The molecule has 1 N–H and O–H groups in total. The van der Waals surface area contributed by atoms with Crippen molar-refractivity contribution in [3.63, 3.8) is 0 Å². The summed E-state index contributed by atoms with van der Waals surface area (Å²) in [5.74, 6) is 1.51. The van der Waals surface area contributed by atoms with E-state index in [2.05, 4.69) is 11.5 Å². The highest BCUT2D eigenvalue weighted by atomic mass is 16.1. The summed E-state index contributed by atoms with van der Waals surface area (Å²) in [4.78, 5) is 9.68. The van der Waals surface area contributed by atoms with E-state index < -0.39 is 0 Å². The minimum atomic E-state index is 0.839. The molecule has 0 heterocycles. The molecule has 0 bridgehead atoms. The van der Waals surface area contributed by atoms with Crippen LogP contribution in [0, 0.1) is 6.20 Å². The summed E-state index contributed by atoms with van der Waals surface area (Å²) in [6.07, 6.45) is 2.21.